The number of hydrogen-bond donors (Lipinski definition) is 2. The van der Waals surface area contributed by atoms with E-state index in [4.69, 9.17) is 5.84 Å². The van der Waals surface area contributed by atoms with E-state index in [9.17, 15) is 0 Å². The van der Waals surface area contributed by atoms with Crippen LogP contribution in [0.15, 0.2) is 24.4 Å². The Hall–Kier alpha value is -1.68. The van der Waals surface area contributed by atoms with Gasteiger partial charge in [-0.05, 0) is 25.1 Å². The van der Waals surface area contributed by atoms with E-state index in [1.54, 1.807) is 6.20 Å². The molecule has 4 heteroatoms. The fraction of sp³-hybridized carbons (Fsp3) is 0.111. The maximum absolute atomic E-state index is 5.34. The molecule has 13 heavy (non-hydrogen) atoms. The number of nitrogen functional groups attached to an aromatic ring is 1. The molecule has 0 radical (unpaired) electrons. The monoisotopic (exact) mass is 174 g/mol. The van der Waals surface area contributed by atoms with Gasteiger partial charge in [0.25, 0.3) is 0 Å². The van der Waals surface area contributed by atoms with E-state index in [1.165, 1.54) is 0 Å². The van der Waals surface area contributed by atoms with Gasteiger partial charge in [-0.1, -0.05) is 0 Å². The lowest BCUT2D eigenvalue weighted by molar-refractivity contribution is 1.17. The third kappa shape index (κ3) is 1.31. The van der Waals surface area contributed by atoms with Gasteiger partial charge in [0, 0.05) is 17.3 Å². The molecular formula is C9H10N4. The molecule has 2 aromatic heterocycles. The highest BCUT2D eigenvalue weighted by molar-refractivity contribution is 5.88. The fourth-order valence-corrected chi connectivity index (χ4v) is 1.31. The Morgan fingerprint density at radius 2 is 2.31 bits per heavy atom. The molecule has 0 bridgehead atoms. The number of hydrogen-bond acceptors (Lipinski definition) is 4. The molecule has 0 saturated carbocycles. The Balaban J connectivity index is 2.81. The van der Waals surface area contributed by atoms with Crippen molar-refractivity contribution in [3.63, 3.8) is 0 Å². The summed E-state index contributed by atoms with van der Waals surface area (Å²) in [4.78, 5) is 8.46. The predicted octanol–water partition coefficient (Wildman–Crippen LogP) is 1.22. The zero-order valence-electron chi connectivity index (χ0n) is 7.28. The SMILES string of the molecule is Cc1cc2ncccc2c(NN)n1. The summed E-state index contributed by atoms with van der Waals surface area (Å²) in [5.41, 5.74) is 4.37. The third-order valence-corrected chi connectivity index (χ3v) is 1.86. The zero-order valence-corrected chi connectivity index (χ0v) is 7.28. The van der Waals surface area contributed by atoms with Gasteiger partial charge in [0.1, 0.15) is 5.82 Å². The van der Waals surface area contributed by atoms with E-state index < -0.39 is 0 Å². The van der Waals surface area contributed by atoms with Crippen LogP contribution < -0.4 is 11.3 Å². The molecule has 0 fully saturated rings. The number of pyridine rings is 2. The largest absolute Gasteiger partial charge is 0.308 e. The van der Waals surface area contributed by atoms with Crippen molar-refractivity contribution >= 4 is 16.7 Å². The van der Waals surface area contributed by atoms with Gasteiger partial charge in [0.2, 0.25) is 0 Å². The maximum atomic E-state index is 5.34. The van der Waals surface area contributed by atoms with Gasteiger partial charge in [0.15, 0.2) is 0 Å². The molecule has 0 aliphatic rings. The lowest BCUT2D eigenvalue weighted by Crippen LogP contribution is -2.09. The van der Waals surface area contributed by atoms with E-state index in [0.29, 0.717) is 5.82 Å². The summed E-state index contributed by atoms with van der Waals surface area (Å²) in [7, 11) is 0. The second kappa shape index (κ2) is 2.99. The van der Waals surface area contributed by atoms with E-state index >= 15 is 0 Å². The molecule has 0 aromatic carbocycles. The number of aryl methyl sites for hydroxylation is 1. The van der Waals surface area contributed by atoms with Gasteiger partial charge >= 0.3 is 0 Å². The summed E-state index contributed by atoms with van der Waals surface area (Å²) in [6, 6.07) is 5.72. The van der Waals surface area contributed by atoms with Gasteiger partial charge in [0.05, 0.1) is 5.52 Å². The van der Waals surface area contributed by atoms with Gasteiger partial charge < -0.3 is 5.43 Å². The second-order valence-electron chi connectivity index (χ2n) is 2.83. The van der Waals surface area contributed by atoms with Crippen molar-refractivity contribution in [3.8, 4) is 0 Å². The van der Waals surface area contributed by atoms with Crippen LogP contribution in [0.5, 0.6) is 0 Å². The molecule has 66 valence electrons. The Morgan fingerprint density at radius 1 is 1.46 bits per heavy atom. The molecule has 0 saturated heterocycles. The van der Waals surface area contributed by atoms with Crippen LogP contribution in [-0.4, -0.2) is 9.97 Å². The number of fused-ring (bicyclic) bond motifs is 1. The summed E-state index contributed by atoms with van der Waals surface area (Å²) < 4.78 is 0. The smallest absolute Gasteiger partial charge is 0.149 e. The lowest BCUT2D eigenvalue weighted by Gasteiger charge is -2.04. The number of nitrogens with one attached hydrogen (secondary N) is 1. The quantitative estimate of drug-likeness (QED) is 0.504. The van der Waals surface area contributed by atoms with Crippen LogP contribution in [0.3, 0.4) is 0 Å². The Morgan fingerprint density at radius 3 is 3.08 bits per heavy atom. The molecule has 0 aliphatic heterocycles. The average Bonchev–Trinajstić information content (AvgIpc) is 2.16. The standard InChI is InChI=1S/C9H10N4/c1-6-5-8-7(3-2-4-11-8)9(12-6)13-10/h2-5H,10H2,1H3,(H,12,13). The number of anilines is 1. The second-order valence-corrected chi connectivity index (χ2v) is 2.83. The highest BCUT2D eigenvalue weighted by Crippen LogP contribution is 2.18. The molecule has 2 rings (SSSR count). The minimum Gasteiger partial charge on any atom is -0.308 e. The third-order valence-electron chi connectivity index (χ3n) is 1.86. The first kappa shape index (κ1) is 7.94. The number of aromatic nitrogens is 2. The molecule has 4 nitrogen and oxygen atoms in total. The van der Waals surface area contributed by atoms with Gasteiger partial charge in [-0.3, -0.25) is 4.98 Å². The van der Waals surface area contributed by atoms with Crippen molar-refractivity contribution in [3.05, 3.63) is 30.1 Å². The first-order chi connectivity index (χ1) is 6.31. The molecule has 0 spiro atoms. The van der Waals surface area contributed by atoms with Crippen LogP contribution in [0.1, 0.15) is 5.69 Å². The Labute approximate surface area is 75.8 Å². The highest BCUT2D eigenvalue weighted by atomic mass is 15.2. The van der Waals surface area contributed by atoms with Crippen molar-refractivity contribution < 1.29 is 0 Å². The molecule has 0 aliphatic carbocycles. The summed E-state index contributed by atoms with van der Waals surface area (Å²) in [5.74, 6) is 6.01. The number of hydrazine groups is 1. The minimum absolute atomic E-state index is 0.670. The van der Waals surface area contributed by atoms with Crippen LogP contribution in [-0.2, 0) is 0 Å². The maximum Gasteiger partial charge on any atom is 0.149 e. The van der Waals surface area contributed by atoms with Crippen molar-refractivity contribution in [2.75, 3.05) is 5.43 Å². The number of rotatable bonds is 1. The molecular weight excluding hydrogens is 164 g/mol. The van der Waals surface area contributed by atoms with Crippen molar-refractivity contribution in [2.24, 2.45) is 5.84 Å². The zero-order chi connectivity index (χ0) is 9.26. The van der Waals surface area contributed by atoms with E-state index in [1.807, 2.05) is 25.1 Å². The van der Waals surface area contributed by atoms with Crippen molar-refractivity contribution in [1.29, 1.82) is 0 Å². The summed E-state index contributed by atoms with van der Waals surface area (Å²) >= 11 is 0. The average molecular weight is 174 g/mol. The first-order valence-corrected chi connectivity index (χ1v) is 4.00. The van der Waals surface area contributed by atoms with Gasteiger partial charge in [-0.2, -0.15) is 0 Å². The van der Waals surface area contributed by atoms with Gasteiger partial charge in [-0.25, -0.2) is 10.8 Å². The normalized spacial score (nSPS) is 10.3. The summed E-state index contributed by atoms with van der Waals surface area (Å²) in [6.07, 6.45) is 1.75. The molecule has 0 amide bonds. The van der Waals surface area contributed by atoms with Crippen LogP contribution >= 0.6 is 0 Å². The summed E-state index contributed by atoms with van der Waals surface area (Å²) in [6.45, 7) is 1.91. The predicted molar refractivity (Wildman–Crippen MR) is 52.1 cm³/mol. The minimum atomic E-state index is 0.670. The van der Waals surface area contributed by atoms with E-state index in [0.717, 1.165) is 16.6 Å². The Bertz CT molecular complexity index is 439. The van der Waals surface area contributed by atoms with Crippen molar-refractivity contribution in [1.82, 2.24) is 9.97 Å². The van der Waals surface area contributed by atoms with Gasteiger partial charge in [-0.15, -0.1) is 0 Å². The van der Waals surface area contributed by atoms with Crippen molar-refractivity contribution in [2.45, 2.75) is 6.92 Å². The summed E-state index contributed by atoms with van der Waals surface area (Å²) in [5, 5.41) is 0.940. The first-order valence-electron chi connectivity index (χ1n) is 4.00. The molecule has 3 N–H and O–H groups in total. The number of nitrogens with two attached hydrogens (primary N) is 1. The van der Waals surface area contributed by atoms with E-state index in [-0.39, 0.29) is 0 Å². The lowest BCUT2D eigenvalue weighted by atomic mass is 10.2. The Kier molecular flexibility index (Phi) is 1.83. The molecule has 2 heterocycles. The van der Waals surface area contributed by atoms with E-state index in [2.05, 4.69) is 15.4 Å². The topological polar surface area (TPSA) is 63.8 Å². The van der Waals surface area contributed by atoms with Crippen LogP contribution in [0.2, 0.25) is 0 Å². The molecule has 0 unspecified atom stereocenters. The van der Waals surface area contributed by atoms with Crippen LogP contribution in [0.25, 0.3) is 10.9 Å². The fourth-order valence-electron chi connectivity index (χ4n) is 1.31. The molecule has 0 atom stereocenters. The number of nitrogens with zero attached hydrogens (tertiary/aromatic N) is 2. The highest BCUT2D eigenvalue weighted by Gasteiger charge is 2.01. The van der Waals surface area contributed by atoms with Crippen LogP contribution in [0, 0.1) is 6.92 Å². The van der Waals surface area contributed by atoms with Crippen LogP contribution in [0.4, 0.5) is 5.82 Å². The molecule has 2 aromatic rings.